The Morgan fingerprint density at radius 1 is 0.862 bits per heavy atom. The highest BCUT2D eigenvalue weighted by molar-refractivity contribution is 6.35. The van der Waals surface area contributed by atoms with Gasteiger partial charge in [0.1, 0.15) is 0 Å². The Morgan fingerprint density at radius 3 is 2.10 bits per heavy atom. The standard InChI is InChI=1S/C21H22Cl3N3O2/c22-15-3-1-14(2-4-15)21(29)27-12-19(20(28)13-27)26-7-5-25(6-8-26)18-10-16(23)9-17(24)11-18/h1-4,9-11,19-20,28H,5-8,12-13H2. The van der Waals surface area contributed by atoms with Gasteiger partial charge in [-0.05, 0) is 42.5 Å². The van der Waals surface area contributed by atoms with Gasteiger partial charge in [0.05, 0.1) is 12.1 Å². The predicted molar refractivity (Wildman–Crippen MR) is 117 cm³/mol. The number of hydrogen-bond donors (Lipinski definition) is 1. The number of β-amino-alcohol motifs (C(OH)–C–C–N with tert-alkyl or cyclic N) is 1. The zero-order chi connectivity index (χ0) is 20.5. The van der Waals surface area contributed by atoms with E-state index in [0.29, 0.717) is 33.7 Å². The number of hydrogen-bond acceptors (Lipinski definition) is 4. The second-order valence-corrected chi connectivity index (χ2v) is 8.81. The first-order chi connectivity index (χ1) is 13.9. The third-order valence-electron chi connectivity index (χ3n) is 5.63. The van der Waals surface area contributed by atoms with Gasteiger partial charge in [-0.25, -0.2) is 0 Å². The topological polar surface area (TPSA) is 47.0 Å². The van der Waals surface area contributed by atoms with Crippen molar-refractivity contribution in [2.24, 2.45) is 0 Å². The lowest BCUT2D eigenvalue weighted by atomic mass is 10.1. The molecule has 2 saturated heterocycles. The molecule has 2 heterocycles. The van der Waals surface area contributed by atoms with Gasteiger partial charge >= 0.3 is 0 Å². The molecule has 0 aliphatic carbocycles. The van der Waals surface area contributed by atoms with E-state index in [0.717, 1.165) is 31.9 Å². The summed E-state index contributed by atoms with van der Waals surface area (Å²) in [4.78, 5) is 19.0. The Kier molecular flexibility index (Phi) is 6.23. The number of amides is 1. The van der Waals surface area contributed by atoms with E-state index >= 15 is 0 Å². The molecule has 2 fully saturated rings. The molecule has 1 amide bonds. The number of piperazine rings is 1. The maximum Gasteiger partial charge on any atom is 0.253 e. The van der Waals surface area contributed by atoms with Crippen LogP contribution in [0.2, 0.25) is 15.1 Å². The first-order valence-electron chi connectivity index (χ1n) is 9.59. The Labute approximate surface area is 185 Å². The van der Waals surface area contributed by atoms with Gasteiger partial charge in [-0.3, -0.25) is 9.69 Å². The molecule has 0 radical (unpaired) electrons. The quantitative estimate of drug-likeness (QED) is 0.769. The maximum atomic E-state index is 12.8. The van der Waals surface area contributed by atoms with E-state index in [-0.39, 0.29) is 11.9 Å². The van der Waals surface area contributed by atoms with Crippen molar-refractivity contribution in [3.63, 3.8) is 0 Å². The smallest absolute Gasteiger partial charge is 0.253 e. The molecule has 0 bridgehead atoms. The van der Waals surface area contributed by atoms with E-state index in [9.17, 15) is 9.90 Å². The highest BCUT2D eigenvalue weighted by atomic mass is 35.5. The van der Waals surface area contributed by atoms with Crippen molar-refractivity contribution in [1.82, 2.24) is 9.80 Å². The van der Waals surface area contributed by atoms with Crippen LogP contribution in [-0.2, 0) is 0 Å². The molecular weight excluding hydrogens is 433 g/mol. The Bertz CT molecular complexity index is 865. The first-order valence-corrected chi connectivity index (χ1v) is 10.7. The average Bonchev–Trinajstić information content (AvgIpc) is 3.09. The number of halogens is 3. The highest BCUT2D eigenvalue weighted by Crippen LogP contribution is 2.27. The van der Waals surface area contributed by atoms with Crippen LogP contribution in [-0.4, -0.2) is 72.2 Å². The van der Waals surface area contributed by atoms with E-state index < -0.39 is 6.10 Å². The van der Waals surface area contributed by atoms with Gasteiger partial charge in [-0.1, -0.05) is 34.8 Å². The summed E-state index contributed by atoms with van der Waals surface area (Å²) in [5.41, 5.74) is 1.60. The van der Waals surface area contributed by atoms with E-state index in [1.807, 2.05) is 12.1 Å². The minimum absolute atomic E-state index is 0.0589. The molecule has 5 nitrogen and oxygen atoms in total. The molecule has 0 spiro atoms. The van der Waals surface area contributed by atoms with Crippen LogP contribution in [0.5, 0.6) is 0 Å². The largest absolute Gasteiger partial charge is 0.390 e. The lowest BCUT2D eigenvalue weighted by Crippen LogP contribution is -2.53. The van der Waals surface area contributed by atoms with Crippen LogP contribution in [0.4, 0.5) is 5.69 Å². The van der Waals surface area contributed by atoms with Gasteiger partial charge in [0, 0.05) is 65.6 Å². The molecule has 8 heteroatoms. The summed E-state index contributed by atoms with van der Waals surface area (Å²) in [6.07, 6.45) is -0.557. The summed E-state index contributed by atoms with van der Waals surface area (Å²) >= 11 is 18.2. The summed E-state index contributed by atoms with van der Waals surface area (Å²) in [6.45, 7) is 4.08. The maximum absolute atomic E-state index is 12.8. The number of aliphatic hydroxyl groups excluding tert-OH is 1. The van der Waals surface area contributed by atoms with Crippen molar-refractivity contribution in [3.05, 3.63) is 63.1 Å². The number of carbonyl (C=O) groups excluding carboxylic acids is 1. The van der Waals surface area contributed by atoms with Gasteiger partial charge in [-0.15, -0.1) is 0 Å². The molecule has 1 N–H and O–H groups in total. The molecule has 29 heavy (non-hydrogen) atoms. The molecule has 0 saturated carbocycles. The Balaban J connectivity index is 1.37. The van der Waals surface area contributed by atoms with Crippen molar-refractivity contribution in [3.8, 4) is 0 Å². The third kappa shape index (κ3) is 4.65. The minimum Gasteiger partial charge on any atom is -0.390 e. The van der Waals surface area contributed by atoms with Gasteiger partial charge in [0.15, 0.2) is 0 Å². The molecular formula is C21H22Cl3N3O2. The molecule has 2 aromatic rings. The number of rotatable bonds is 3. The van der Waals surface area contributed by atoms with Crippen molar-refractivity contribution >= 4 is 46.4 Å². The van der Waals surface area contributed by atoms with Crippen LogP contribution in [0.25, 0.3) is 0 Å². The number of anilines is 1. The summed E-state index contributed by atoms with van der Waals surface area (Å²) in [6, 6.07) is 12.4. The lowest BCUT2D eigenvalue weighted by molar-refractivity contribution is 0.0754. The molecule has 4 rings (SSSR count). The van der Waals surface area contributed by atoms with Gasteiger partial charge in [0.25, 0.3) is 5.91 Å². The highest BCUT2D eigenvalue weighted by Gasteiger charge is 2.38. The van der Waals surface area contributed by atoms with E-state index in [4.69, 9.17) is 34.8 Å². The van der Waals surface area contributed by atoms with Crippen LogP contribution in [0.15, 0.2) is 42.5 Å². The molecule has 2 unspecified atom stereocenters. The minimum atomic E-state index is -0.557. The number of carbonyl (C=O) groups is 1. The molecule has 154 valence electrons. The summed E-state index contributed by atoms with van der Waals surface area (Å²) < 4.78 is 0. The van der Waals surface area contributed by atoms with E-state index in [2.05, 4.69) is 9.80 Å². The zero-order valence-electron chi connectivity index (χ0n) is 15.8. The van der Waals surface area contributed by atoms with Crippen molar-refractivity contribution in [2.75, 3.05) is 44.2 Å². The second-order valence-electron chi connectivity index (χ2n) is 7.50. The van der Waals surface area contributed by atoms with Gasteiger partial charge < -0.3 is 14.9 Å². The lowest BCUT2D eigenvalue weighted by Gasteiger charge is -2.39. The van der Waals surface area contributed by atoms with Crippen LogP contribution < -0.4 is 4.90 Å². The number of nitrogens with zero attached hydrogens (tertiary/aromatic N) is 3. The zero-order valence-corrected chi connectivity index (χ0v) is 18.0. The summed E-state index contributed by atoms with van der Waals surface area (Å²) in [7, 11) is 0. The first kappa shape index (κ1) is 20.8. The second kappa shape index (κ2) is 8.70. The Hall–Kier alpha value is -1.50. The summed E-state index contributed by atoms with van der Waals surface area (Å²) in [5, 5.41) is 12.4. The molecule has 2 aromatic carbocycles. The average molecular weight is 455 g/mol. The number of likely N-dealkylation sites (tertiary alicyclic amines) is 1. The molecule has 2 atom stereocenters. The van der Waals surface area contributed by atoms with Crippen molar-refractivity contribution in [1.29, 1.82) is 0 Å². The van der Waals surface area contributed by atoms with Gasteiger partial charge in [0.2, 0.25) is 0 Å². The van der Waals surface area contributed by atoms with E-state index in [1.165, 1.54) is 0 Å². The fourth-order valence-corrected chi connectivity index (χ4v) is 4.74. The van der Waals surface area contributed by atoms with Gasteiger partial charge in [-0.2, -0.15) is 0 Å². The van der Waals surface area contributed by atoms with Crippen LogP contribution in [0.3, 0.4) is 0 Å². The van der Waals surface area contributed by atoms with Crippen LogP contribution in [0, 0.1) is 0 Å². The van der Waals surface area contributed by atoms with Crippen LogP contribution in [0.1, 0.15) is 10.4 Å². The molecule has 2 aliphatic heterocycles. The normalized spacial score (nSPS) is 22.9. The van der Waals surface area contributed by atoms with Crippen LogP contribution >= 0.6 is 34.8 Å². The predicted octanol–water partition coefficient (Wildman–Crippen LogP) is 3.65. The molecule has 0 aromatic heterocycles. The van der Waals surface area contributed by atoms with Crippen molar-refractivity contribution < 1.29 is 9.90 Å². The monoisotopic (exact) mass is 453 g/mol. The fourth-order valence-electron chi connectivity index (χ4n) is 4.10. The number of aliphatic hydroxyl groups is 1. The SMILES string of the molecule is O=C(c1ccc(Cl)cc1)N1CC(O)C(N2CCN(c3cc(Cl)cc(Cl)c3)CC2)C1. The molecule has 2 aliphatic rings. The third-order valence-corrected chi connectivity index (χ3v) is 6.32. The van der Waals surface area contributed by atoms with E-state index in [1.54, 1.807) is 35.2 Å². The fraction of sp³-hybridized carbons (Fsp3) is 0.381. The Morgan fingerprint density at radius 2 is 1.48 bits per heavy atom. The summed E-state index contributed by atoms with van der Waals surface area (Å²) in [5.74, 6) is -0.0737. The van der Waals surface area contributed by atoms with Crippen molar-refractivity contribution in [2.45, 2.75) is 12.1 Å². The number of benzene rings is 2.